The molecule has 2 aromatic rings. The van der Waals surface area contributed by atoms with Crippen LogP contribution in [0.25, 0.3) is 10.2 Å². The van der Waals surface area contributed by atoms with Gasteiger partial charge in [-0.05, 0) is 38.5 Å². The Hall–Kier alpha value is -0.820. The summed E-state index contributed by atoms with van der Waals surface area (Å²) >= 11 is 1.61. The van der Waals surface area contributed by atoms with E-state index < -0.39 is 11.0 Å². The largest absolute Gasteiger partial charge is 0.329 e. The predicted octanol–water partition coefficient (Wildman–Crippen LogP) is 2.35. The zero-order valence-corrected chi connectivity index (χ0v) is 13.0. The first-order valence-corrected chi connectivity index (χ1v) is 8.16. The molecule has 0 saturated heterocycles. The van der Waals surface area contributed by atoms with Crippen molar-refractivity contribution >= 4 is 32.5 Å². The quantitative estimate of drug-likeness (QED) is 0.910. The smallest absolute Gasteiger partial charge is 0.0976 e. The second-order valence-corrected chi connectivity index (χ2v) is 8.25. The third kappa shape index (κ3) is 3.39. The molecule has 0 amide bonds. The molecule has 0 spiro atoms. The Morgan fingerprint density at radius 2 is 2.21 bits per heavy atom. The Bertz CT molecular complexity index is 589. The molecule has 3 N–H and O–H groups in total. The zero-order valence-electron chi connectivity index (χ0n) is 11.3. The molecule has 2 atom stereocenters. The van der Waals surface area contributed by atoms with Gasteiger partial charge < -0.3 is 5.73 Å². The lowest BCUT2D eigenvalue weighted by molar-refractivity contribution is 0.602. The number of benzene rings is 1. The van der Waals surface area contributed by atoms with E-state index in [2.05, 4.69) is 9.71 Å². The molecule has 0 aliphatic carbocycles. The topological polar surface area (TPSA) is 68.0 Å². The molecule has 0 bridgehead atoms. The fraction of sp³-hybridized carbons (Fsp3) is 0.462. The van der Waals surface area contributed by atoms with Crippen molar-refractivity contribution in [3.63, 3.8) is 0 Å². The first-order chi connectivity index (χ1) is 8.91. The number of fused-ring (bicyclic) bond motifs is 1. The van der Waals surface area contributed by atoms with Crippen LogP contribution in [0, 0.1) is 0 Å². The highest BCUT2D eigenvalue weighted by Crippen LogP contribution is 2.23. The Labute approximate surface area is 120 Å². The van der Waals surface area contributed by atoms with E-state index in [1.807, 2.05) is 44.5 Å². The van der Waals surface area contributed by atoms with Crippen LogP contribution in [0.4, 0.5) is 0 Å². The Morgan fingerprint density at radius 3 is 2.84 bits per heavy atom. The summed E-state index contributed by atoms with van der Waals surface area (Å²) in [6, 6.07) is 5.94. The summed E-state index contributed by atoms with van der Waals surface area (Å²) in [5.74, 6) is 0. The van der Waals surface area contributed by atoms with Gasteiger partial charge in [-0.3, -0.25) is 0 Å². The summed E-state index contributed by atoms with van der Waals surface area (Å²) in [5.41, 5.74) is 9.62. The maximum atomic E-state index is 12.2. The second-order valence-electron chi connectivity index (χ2n) is 5.37. The van der Waals surface area contributed by atoms with Crippen molar-refractivity contribution in [3.8, 4) is 0 Å². The molecule has 1 heterocycles. The molecule has 1 aromatic heterocycles. The third-order valence-corrected chi connectivity index (χ3v) is 5.22. The van der Waals surface area contributed by atoms with Gasteiger partial charge in [0, 0.05) is 6.54 Å². The minimum absolute atomic E-state index is 0.119. The van der Waals surface area contributed by atoms with Crippen molar-refractivity contribution in [2.75, 3.05) is 6.54 Å². The first kappa shape index (κ1) is 14.6. The molecule has 2 rings (SSSR count). The Balaban J connectivity index is 2.23. The van der Waals surface area contributed by atoms with E-state index in [4.69, 9.17) is 5.73 Å². The van der Waals surface area contributed by atoms with Gasteiger partial charge in [-0.25, -0.2) is 13.9 Å². The standard InChI is InChI=1S/C13H19N3OS2/c1-13(2,3)19(17)16-11(7-14)9-4-5-12-10(6-9)15-8-18-12/h4-6,8,11,16H,7,14H2,1-3H3/t11-,19?/m1/s1. The van der Waals surface area contributed by atoms with Crippen molar-refractivity contribution in [3.05, 3.63) is 29.3 Å². The number of nitrogens with zero attached hydrogens (tertiary/aromatic N) is 1. The second kappa shape index (κ2) is 5.66. The fourth-order valence-electron chi connectivity index (χ4n) is 1.65. The van der Waals surface area contributed by atoms with E-state index in [1.165, 1.54) is 0 Å². The summed E-state index contributed by atoms with van der Waals surface area (Å²) in [7, 11) is -1.14. The molecule has 104 valence electrons. The monoisotopic (exact) mass is 297 g/mol. The molecule has 1 aromatic carbocycles. The van der Waals surface area contributed by atoms with Crippen LogP contribution in [0.15, 0.2) is 23.7 Å². The lowest BCUT2D eigenvalue weighted by atomic mass is 10.1. The summed E-state index contributed by atoms with van der Waals surface area (Å²) in [5, 5.41) is 0. The van der Waals surface area contributed by atoms with E-state index in [-0.39, 0.29) is 10.8 Å². The van der Waals surface area contributed by atoms with E-state index in [9.17, 15) is 4.21 Å². The summed E-state index contributed by atoms with van der Waals surface area (Å²) in [6.07, 6.45) is 0. The molecular weight excluding hydrogens is 278 g/mol. The van der Waals surface area contributed by atoms with E-state index in [0.29, 0.717) is 6.54 Å². The molecular formula is C13H19N3OS2. The van der Waals surface area contributed by atoms with Gasteiger partial charge in [0.05, 0.1) is 37.5 Å². The number of hydrogen-bond acceptors (Lipinski definition) is 4. The van der Waals surface area contributed by atoms with E-state index >= 15 is 0 Å². The highest BCUT2D eigenvalue weighted by Gasteiger charge is 2.23. The average molecular weight is 297 g/mol. The number of nitrogens with one attached hydrogen (secondary N) is 1. The third-order valence-electron chi connectivity index (χ3n) is 2.80. The summed E-state index contributed by atoms with van der Waals surface area (Å²) < 4.78 is 16.1. The molecule has 0 fully saturated rings. The highest BCUT2D eigenvalue weighted by atomic mass is 32.2. The highest BCUT2D eigenvalue weighted by molar-refractivity contribution is 7.84. The minimum atomic E-state index is -1.14. The fourth-order valence-corrected chi connectivity index (χ4v) is 3.15. The molecule has 6 heteroatoms. The SMILES string of the molecule is CC(C)(C)S(=O)N[C@H](CN)c1ccc2scnc2c1. The molecule has 19 heavy (non-hydrogen) atoms. The van der Waals surface area contributed by atoms with E-state index in [1.54, 1.807) is 11.3 Å². The molecule has 1 unspecified atom stereocenters. The molecule has 4 nitrogen and oxygen atoms in total. The first-order valence-electron chi connectivity index (χ1n) is 6.13. The van der Waals surface area contributed by atoms with Gasteiger partial charge in [0.15, 0.2) is 0 Å². The molecule has 0 saturated carbocycles. The summed E-state index contributed by atoms with van der Waals surface area (Å²) in [4.78, 5) is 4.30. The van der Waals surface area contributed by atoms with E-state index in [0.717, 1.165) is 15.8 Å². The van der Waals surface area contributed by atoms with Gasteiger partial charge in [0.2, 0.25) is 0 Å². The van der Waals surface area contributed by atoms with Crippen LogP contribution >= 0.6 is 11.3 Å². The van der Waals surface area contributed by atoms with Gasteiger partial charge >= 0.3 is 0 Å². The van der Waals surface area contributed by atoms with Crippen LogP contribution in [-0.4, -0.2) is 20.5 Å². The maximum Gasteiger partial charge on any atom is 0.0976 e. The van der Waals surface area contributed by atoms with Crippen LogP contribution in [0.2, 0.25) is 0 Å². The van der Waals surface area contributed by atoms with Crippen molar-refractivity contribution in [1.29, 1.82) is 0 Å². The number of thiazole rings is 1. The molecule has 0 radical (unpaired) electrons. The predicted molar refractivity (Wildman–Crippen MR) is 82.4 cm³/mol. The van der Waals surface area contributed by atoms with Crippen molar-refractivity contribution in [2.45, 2.75) is 31.6 Å². The van der Waals surface area contributed by atoms with Crippen LogP contribution in [0.3, 0.4) is 0 Å². The van der Waals surface area contributed by atoms with Gasteiger partial charge in [-0.1, -0.05) is 6.07 Å². The number of hydrogen-bond donors (Lipinski definition) is 2. The molecule has 0 aliphatic rings. The van der Waals surface area contributed by atoms with Crippen LogP contribution < -0.4 is 10.5 Å². The van der Waals surface area contributed by atoms with Crippen molar-refractivity contribution < 1.29 is 4.21 Å². The molecule has 0 aliphatic heterocycles. The Morgan fingerprint density at radius 1 is 1.47 bits per heavy atom. The van der Waals surface area contributed by atoms with Crippen molar-refractivity contribution in [1.82, 2.24) is 9.71 Å². The van der Waals surface area contributed by atoms with Crippen LogP contribution in [-0.2, 0) is 11.0 Å². The zero-order chi connectivity index (χ0) is 14.0. The van der Waals surface area contributed by atoms with Crippen LogP contribution in [0.5, 0.6) is 0 Å². The number of aromatic nitrogens is 1. The lowest BCUT2D eigenvalue weighted by Crippen LogP contribution is -2.38. The Kier molecular flexibility index (Phi) is 4.35. The maximum absolute atomic E-state index is 12.2. The van der Waals surface area contributed by atoms with Gasteiger partial charge in [0.25, 0.3) is 0 Å². The van der Waals surface area contributed by atoms with Gasteiger partial charge in [-0.2, -0.15) is 0 Å². The average Bonchev–Trinajstić information content (AvgIpc) is 2.81. The lowest BCUT2D eigenvalue weighted by Gasteiger charge is -2.23. The van der Waals surface area contributed by atoms with Crippen molar-refractivity contribution in [2.24, 2.45) is 5.73 Å². The van der Waals surface area contributed by atoms with Crippen LogP contribution in [0.1, 0.15) is 32.4 Å². The summed E-state index contributed by atoms with van der Waals surface area (Å²) in [6.45, 7) is 6.21. The minimum Gasteiger partial charge on any atom is -0.329 e. The van der Waals surface area contributed by atoms with Gasteiger partial charge in [0.1, 0.15) is 0 Å². The number of rotatable bonds is 4. The number of nitrogens with two attached hydrogens (primary N) is 1. The normalized spacial score (nSPS) is 15.6. The van der Waals surface area contributed by atoms with Gasteiger partial charge in [-0.15, -0.1) is 11.3 Å².